The summed E-state index contributed by atoms with van der Waals surface area (Å²) in [6, 6.07) is 3.58. The number of carbonyl (C=O) groups excluding carboxylic acids is 1. The quantitative estimate of drug-likeness (QED) is 0.768. The van der Waals surface area contributed by atoms with Crippen molar-refractivity contribution in [2.45, 2.75) is 13.0 Å². The van der Waals surface area contributed by atoms with Crippen molar-refractivity contribution in [1.29, 1.82) is 0 Å². The lowest BCUT2D eigenvalue weighted by atomic mass is 10.3. The van der Waals surface area contributed by atoms with Crippen LogP contribution in [0.5, 0.6) is 0 Å². The van der Waals surface area contributed by atoms with Crippen LogP contribution in [0.15, 0.2) is 29.9 Å². The predicted octanol–water partition coefficient (Wildman–Crippen LogP) is 2.35. The molecule has 0 spiro atoms. The normalized spacial score (nSPS) is 12.4. The maximum atomic E-state index is 11.5. The molecule has 1 atom stereocenters. The van der Waals surface area contributed by atoms with Gasteiger partial charge in [-0.1, -0.05) is 6.07 Å². The van der Waals surface area contributed by atoms with Crippen LogP contribution in [0.25, 0.3) is 10.7 Å². The van der Waals surface area contributed by atoms with Gasteiger partial charge in [-0.05, 0) is 18.4 Å². The Hall–Kier alpha value is -1.62. The molecule has 0 aliphatic carbocycles. The number of esters is 1. The van der Waals surface area contributed by atoms with E-state index in [9.17, 15) is 4.79 Å². The van der Waals surface area contributed by atoms with Gasteiger partial charge in [0.2, 0.25) is 0 Å². The number of hydrogen-bond donors (Lipinski definition) is 0. The van der Waals surface area contributed by atoms with Crippen molar-refractivity contribution in [3.05, 3.63) is 29.9 Å². The van der Waals surface area contributed by atoms with E-state index in [2.05, 4.69) is 4.98 Å². The van der Waals surface area contributed by atoms with Crippen molar-refractivity contribution in [3.63, 3.8) is 0 Å². The molecule has 0 saturated heterocycles. The first-order valence-electron chi connectivity index (χ1n) is 4.88. The van der Waals surface area contributed by atoms with Crippen LogP contribution >= 0.6 is 11.3 Å². The van der Waals surface area contributed by atoms with Gasteiger partial charge in [-0.15, -0.1) is 11.3 Å². The third kappa shape index (κ3) is 1.86. The van der Waals surface area contributed by atoms with Crippen LogP contribution in [0.1, 0.15) is 13.0 Å². The smallest absolute Gasteiger partial charge is 0.328 e. The Morgan fingerprint density at radius 1 is 1.62 bits per heavy atom. The van der Waals surface area contributed by atoms with E-state index in [1.54, 1.807) is 30.7 Å². The molecule has 0 radical (unpaired) electrons. The first kappa shape index (κ1) is 10.9. The van der Waals surface area contributed by atoms with Gasteiger partial charge in [0.15, 0.2) is 5.82 Å². The monoisotopic (exact) mass is 236 g/mol. The van der Waals surface area contributed by atoms with Crippen molar-refractivity contribution in [3.8, 4) is 10.7 Å². The fourth-order valence-electron chi connectivity index (χ4n) is 1.51. The molecule has 2 heterocycles. The number of hydrogen-bond acceptors (Lipinski definition) is 4. The molecule has 5 heteroatoms. The third-order valence-corrected chi connectivity index (χ3v) is 3.24. The minimum Gasteiger partial charge on any atom is -0.467 e. The summed E-state index contributed by atoms with van der Waals surface area (Å²) in [4.78, 5) is 16.8. The predicted molar refractivity (Wildman–Crippen MR) is 62.3 cm³/mol. The lowest BCUT2D eigenvalue weighted by Crippen LogP contribution is -2.17. The molecule has 0 bridgehead atoms. The van der Waals surface area contributed by atoms with Gasteiger partial charge in [0.05, 0.1) is 12.0 Å². The molecule has 0 saturated carbocycles. The molecule has 0 fully saturated rings. The van der Waals surface area contributed by atoms with E-state index in [0.717, 1.165) is 10.7 Å². The highest BCUT2D eigenvalue weighted by atomic mass is 32.1. The van der Waals surface area contributed by atoms with Crippen LogP contribution in [0.2, 0.25) is 0 Å². The first-order chi connectivity index (χ1) is 7.74. The van der Waals surface area contributed by atoms with Crippen molar-refractivity contribution in [2.24, 2.45) is 0 Å². The number of carbonyl (C=O) groups is 1. The maximum Gasteiger partial charge on any atom is 0.328 e. The fraction of sp³-hybridized carbons (Fsp3) is 0.273. The summed E-state index contributed by atoms with van der Waals surface area (Å²) in [5.41, 5.74) is 0. The molecule has 16 heavy (non-hydrogen) atoms. The SMILES string of the molecule is COC(=O)[C@@H](C)n1ccnc1-c1cccs1. The average molecular weight is 236 g/mol. The minimum atomic E-state index is -0.357. The van der Waals surface area contributed by atoms with Crippen LogP contribution in [-0.4, -0.2) is 22.6 Å². The Morgan fingerprint density at radius 2 is 2.44 bits per heavy atom. The molecule has 0 aliphatic heterocycles. The number of nitrogens with zero attached hydrogens (tertiary/aromatic N) is 2. The van der Waals surface area contributed by atoms with E-state index >= 15 is 0 Å². The van der Waals surface area contributed by atoms with Gasteiger partial charge in [0.1, 0.15) is 6.04 Å². The van der Waals surface area contributed by atoms with E-state index in [4.69, 9.17) is 4.74 Å². The summed E-state index contributed by atoms with van der Waals surface area (Å²) in [5, 5.41) is 1.98. The van der Waals surface area contributed by atoms with Gasteiger partial charge in [0, 0.05) is 12.4 Å². The van der Waals surface area contributed by atoms with Crippen LogP contribution in [0.3, 0.4) is 0 Å². The van der Waals surface area contributed by atoms with Gasteiger partial charge in [-0.25, -0.2) is 9.78 Å². The van der Waals surface area contributed by atoms with Crippen LogP contribution in [-0.2, 0) is 9.53 Å². The molecule has 0 N–H and O–H groups in total. The topological polar surface area (TPSA) is 44.1 Å². The molecule has 84 valence electrons. The highest BCUT2D eigenvalue weighted by Gasteiger charge is 2.19. The molecule has 0 amide bonds. The number of thiophene rings is 1. The number of aromatic nitrogens is 2. The fourth-order valence-corrected chi connectivity index (χ4v) is 2.23. The number of ether oxygens (including phenoxy) is 1. The number of methoxy groups -OCH3 is 1. The van der Waals surface area contributed by atoms with E-state index < -0.39 is 0 Å². The molecule has 0 aromatic carbocycles. The molecule has 2 aromatic rings. The number of rotatable bonds is 3. The van der Waals surface area contributed by atoms with Gasteiger partial charge in [-0.3, -0.25) is 0 Å². The molecule has 0 unspecified atom stereocenters. The van der Waals surface area contributed by atoms with Gasteiger partial charge in [-0.2, -0.15) is 0 Å². The second-order valence-corrected chi connectivity index (χ2v) is 4.28. The zero-order chi connectivity index (χ0) is 11.5. The molecule has 4 nitrogen and oxygen atoms in total. The minimum absolute atomic E-state index is 0.268. The van der Waals surface area contributed by atoms with Gasteiger partial charge < -0.3 is 9.30 Å². The Bertz CT molecular complexity index is 476. The molecule has 2 rings (SSSR count). The molecule has 0 aliphatic rings. The largest absolute Gasteiger partial charge is 0.467 e. The van der Waals surface area contributed by atoms with Gasteiger partial charge in [0.25, 0.3) is 0 Å². The molecule has 2 aromatic heterocycles. The van der Waals surface area contributed by atoms with E-state index in [0.29, 0.717) is 0 Å². The Balaban J connectivity index is 2.36. The second kappa shape index (κ2) is 4.49. The second-order valence-electron chi connectivity index (χ2n) is 3.33. The highest BCUT2D eigenvalue weighted by molar-refractivity contribution is 7.13. The summed E-state index contributed by atoms with van der Waals surface area (Å²) < 4.78 is 6.54. The average Bonchev–Trinajstić information content (AvgIpc) is 2.95. The zero-order valence-corrected chi connectivity index (χ0v) is 9.90. The lowest BCUT2D eigenvalue weighted by molar-refractivity contribution is -0.143. The zero-order valence-electron chi connectivity index (χ0n) is 9.08. The molecular weight excluding hydrogens is 224 g/mol. The van der Waals surface area contributed by atoms with Crippen LogP contribution in [0.4, 0.5) is 0 Å². The van der Waals surface area contributed by atoms with Crippen LogP contribution < -0.4 is 0 Å². The van der Waals surface area contributed by atoms with Crippen molar-refractivity contribution >= 4 is 17.3 Å². The summed E-state index contributed by atoms with van der Waals surface area (Å²) in [6.45, 7) is 1.80. The standard InChI is InChI=1S/C11H12N2O2S/c1-8(11(14)15-2)13-6-5-12-10(13)9-4-3-7-16-9/h3-8H,1-2H3/t8-/m1/s1. The maximum absolute atomic E-state index is 11.5. The van der Waals surface area contributed by atoms with Gasteiger partial charge >= 0.3 is 5.97 Å². The van der Waals surface area contributed by atoms with Crippen molar-refractivity contribution in [1.82, 2.24) is 9.55 Å². The van der Waals surface area contributed by atoms with E-state index in [1.165, 1.54) is 7.11 Å². The first-order valence-corrected chi connectivity index (χ1v) is 5.76. The Morgan fingerprint density at radius 3 is 3.06 bits per heavy atom. The van der Waals surface area contributed by atoms with Crippen molar-refractivity contribution < 1.29 is 9.53 Å². The third-order valence-electron chi connectivity index (χ3n) is 2.37. The number of imidazole rings is 1. The highest BCUT2D eigenvalue weighted by Crippen LogP contribution is 2.25. The summed E-state index contributed by atoms with van der Waals surface area (Å²) in [7, 11) is 1.39. The summed E-state index contributed by atoms with van der Waals surface area (Å²) in [6.07, 6.45) is 3.48. The summed E-state index contributed by atoms with van der Waals surface area (Å²) in [5.74, 6) is 0.531. The van der Waals surface area contributed by atoms with Crippen LogP contribution in [0, 0.1) is 0 Å². The Kier molecular flexibility index (Phi) is 3.05. The molecular formula is C11H12N2O2S. The van der Waals surface area contributed by atoms with E-state index in [1.807, 2.05) is 22.1 Å². The summed E-state index contributed by atoms with van der Waals surface area (Å²) >= 11 is 1.60. The lowest BCUT2D eigenvalue weighted by Gasteiger charge is -2.13. The van der Waals surface area contributed by atoms with E-state index in [-0.39, 0.29) is 12.0 Å². The Labute approximate surface area is 97.5 Å². The van der Waals surface area contributed by atoms with Crippen molar-refractivity contribution in [2.75, 3.05) is 7.11 Å².